The van der Waals surface area contributed by atoms with Crippen LogP contribution in [0.1, 0.15) is 58.8 Å². The van der Waals surface area contributed by atoms with Gasteiger partial charge in [-0.05, 0) is 0 Å². The predicted octanol–water partition coefficient (Wildman–Crippen LogP) is -1.58. The molecule has 0 atom stereocenters. The van der Waals surface area contributed by atoms with Gasteiger partial charge in [-0.15, -0.1) is 0 Å². The molecule has 0 aliphatic carbocycles. The summed E-state index contributed by atoms with van der Waals surface area (Å²) in [6.07, 6.45) is 8.73. The normalized spacial score (nSPS) is 7.38. The molecule has 0 N–H and O–H groups in total. The molecule has 2 heteroatoms. The SMILES string of the molecule is [CH2-]CCCC.[CH2-]CCCCC.[Li+].[Li+]. The zero-order valence-electron chi connectivity index (χ0n) is 10.4. The first-order chi connectivity index (χ1) is 5.33. The zero-order chi connectivity index (χ0) is 8.95. The van der Waals surface area contributed by atoms with Crippen LogP contribution in [0.2, 0.25) is 0 Å². The fraction of sp³-hybridized carbons (Fsp3) is 0.818. The second-order valence-corrected chi connectivity index (χ2v) is 2.77. The van der Waals surface area contributed by atoms with Gasteiger partial charge in [0, 0.05) is 0 Å². The van der Waals surface area contributed by atoms with Crippen LogP contribution in [0.25, 0.3) is 0 Å². The Morgan fingerprint density at radius 2 is 1.08 bits per heavy atom. The third-order valence-corrected chi connectivity index (χ3v) is 1.46. The summed E-state index contributed by atoms with van der Waals surface area (Å²) in [6.45, 7) is 11.8. The van der Waals surface area contributed by atoms with E-state index in [1.807, 2.05) is 0 Å². The third-order valence-electron chi connectivity index (χ3n) is 1.46. The summed E-state index contributed by atoms with van der Waals surface area (Å²) in [7, 11) is 0. The number of hydrogen-bond acceptors (Lipinski definition) is 0. The van der Waals surface area contributed by atoms with E-state index < -0.39 is 0 Å². The fourth-order valence-corrected chi connectivity index (χ4v) is 0.677. The Morgan fingerprint density at radius 3 is 1.15 bits per heavy atom. The summed E-state index contributed by atoms with van der Waals surface area (Å²) in [6, 6.07) is 0. The maximum Gasteiger partial charge on any atom is 1.00 e. The molecule has 0 fully saturated rings. The molecule has 0 bridgehead atoms. The molecule has 0 radical (unpaired) electrons. The van der Waals surface area contributed by atoms with E-state index in [-0.39, 0.29) is 37.7 Å². The Kier molecular flexibility index (Phi) is 53.4. The Bertz CT molecular complexity index is 41.4. The summed E-state index contributed by atoms with van der Waals surface area (Å²) >= 11 is 0. The molecule has 0 nitrogen and oxygen atoms in total. The minimum Gasteiger partial charge on any atom is -0.343 e. The average molecular weight is 170 g/mol. The van der Waals surface area contributed by atoms with Gasteiger partial charge in [-0.1, -0.05) is 46.0 Å². The largest absolute Gasteiger partial charge is 1.00 e. The van der Waals surface area contributed by atoms with Crippen molar-refractivity contribution < 1.29 is 37.7 Å². The maximum atomic E-state index is 3.72. The molecule has 0 aromatic heterocycles. The van der Waals surface area contributed by atoms with Gasteiger partial charge in [0.25, 0.3) is 0 Å². The molecule has 0 spiro atoms. The van der Waals surface area contributed by atoms with Crippen LogP contribution in [0.3, 0.4) is 0 Å². The van der Waals surface area contributed by atoms with Crippen molar-refractivity contribution in [1.29, 1.82) is 0 Å². The molecule has 0 saturated carbocycles. The van der Waals surface area contributed by atoms with Gasteiger partial charge in [0.2, 0.25) is 0 Å². The van der Waals surface area contributed by atoms with Crippen LogP contribution >= 0.6 is 0 Å². The van der Waals surface area contributed by atoms with Crippen molar-refractivity contribution in [1.82, 2.24) is 0 Å². The number of unbranched alkanes of at least 4 members (excludes halogenated alkanes) is 5. The van der Waals surface area contributed by atoms with Gasteiger partial charge >= 0.3 is 37.7 Å². The summed E-state index contributed by atoms with van der Waals surface area (Å²) in [5, 5.41) is 0. The summed E-state index contributed by atoms with van der Waals surface area (Å²) < 4.78 is 0. The van der Waals surface area contributed by atoms with Crippen LogP contribution < -0.4 is 37.7 Å². The van der Waals surface area contributed by atoms with E-state index in [1.165, 1.54) is 32.1 Å². The average Bonchev–Trinajstić information content (AvgIpc) is 2.04. The second kappa shape index (κ2) is 29.2. The van der Waals surface area contributed by atoms with Crippen molar-refractivity contribution in [3.63, 3.8) is 0 Å². The Labute approximate surface area is 110 Å². The molecule has 0 rings (SSSR count). The van der Waals surface area contributed by atoms with E-state index in [1.54, 1.807) is 0 Å². The molecule has 0 heterocycles. The standard InChI is InChI=1S/C6H13.C5H11.2Li/c1-3-5-6-4-2;1-3-5-4-2;;/h1,3-6H2,2H3;1,3-5H2,2H3;;/q2*-1;2*+1. The first-order valence-corrected chi connectivity index (χ1v) is 4.91. The van der Waals surface area contributed by atoms with Crippen LogP contribution in [0.15, 0.2) is 0 Å². The minimum atomic E-state index is 0. The molecule has 13 heavy (non-hydrogen) atoms. The van der Waals surface area contributed by atoms with Crippen LogP contribution in [0.5, 0.6) is 0 Å². The van der Waals surface area contributed by atoms with Crippen molar-refractivity contribution >= 4 is 0 Å². The Balaban J connectivity index is -0.0000000546. The summed E-state index contributed by atoms with van der Waals surface area (Å²) in [4.78, 5) is 0. The number of rotatable bonds is 5. The van der Waals surface area contributed by atoms with Gasteiger partial charge in [0.1, 0.15) is 0 Å². The molecule has 0 aromatic rings. The first kappa shape index (κ1) is 23.8. The quantitative estimate of drug-likeness (QED) is 0.265. The minimum absolute atomic E-state index is 0. The van der Waals surface area contributed by atoms with Crippen molar-refractivity contribution in [3.05, 3.63) is 13.8 Å². The van der Waals surface area contributed by atoms with E-state index in [0.717, 1.165) is 12.8 Å². The Morgan fingerprint density at radius 1 is 0.692 bits per heavy atom. The maximum absolute atomic E-state index is 3.72. The Hall–Kier alpha value is 1.19. The monoisotopic (exact) mass is 170 g/mol. The van der Waals surface area contributed by atoms with Gasteiger partial charge in [-0.3, -0.25) is 0 Å². The zero-order valence-corrected chi connectivity index (χ0v) is 10.4. The van der Waals surface area contributed by atoms with E-state index in [0.29, 0.717) is 0 Å². The third kappa shape index (κ3) is 43.1. The van der Waals surface area contributed by atoms with Crippen LogP contribution in [0.4, 0.5) is 0 Å². The van der Waals surface area contributed by atoms with Crippen molar-refractivity contribution in [2.75, 3.05) is 0 Å². The van der Waals surface area contributed by atoms with Gasteiger partial charge in [0.15, 0.2) is 0 Å². The summed E-state index contributed by atoms with van der Waals surface area (Å²) in [5.41, 5.74) is 0. The second-order valence-electron chi connectivity index (χ2n) is 2.77. The van der Waals surface area contributed by atoms with E-state index in [2.05, 4.69) is 27.7 Å². The number of hydrogen-bond donors (Lipinski definition) is 0. The molecule has 0 aliphatic heterocycles. The molecule has 0 aliphatic rings. The van der Waals surface area contributed by atoms with E-state index >= 15 is 0 Å². The summed E-state index contributed by atoms with van der Waals surface area (Å²) in [5.74, 6) is 0. The van der Waals surface area contributed by atoms with Crippen LogP contribution in [-0.4, -0.2) is 0 Å². The van der Waals surface area contributed by atoms with Crippen LogP contribution in [0, 0.1) is 13.8 Å². The fourth-order valence-electron chi connectivity index (χ4n) is 0.677. The molecule has 0 aromatic carbocycles. The molecular formula is C11H24Li2. The van der Waals surface area contributed by atoms with E-state index in [4.69, 9.17) is 0 Å². The smallest absolute Gasteiger partial charge is 0.343 e. The van der Waals surface area contributed by atoms with Crippen molar-refractivity contribution in [2.45, 2.75) is 58.8 Å². The first-order valence-electron chi connectivity index (χ1n) is 4.91. The van der Waals surface area contributed by atoms with E-state index in [9.17, 15) is 0 Å². The van der Waals surface area contributed by atoms with Gasteiger partial charge < -0.3 is 13.8 Å². The predicted molar refractivity (Wildman–Crippen MR) is 54.4 cm³/mol. The topological polar surface area (TPSA) is 0 Å². The molecule has 0 amide bonds. The molecular weight excluding hydrogens is 146 g/mol. The van der Waals surface area contributed by atoms with Gasteiger partial charge in [-0.2, -0.15) is 12.8 Å². The molecule has 0 unspecified atom stereocenters. The van der Waals surface area contributed by atoms with Crippen molar-refractivity contribution in [2.24, 2.45) is 0 Å². The van der Waals surface area contributed by atoms with Gasteiger partial charge in [0.05, 0.1) is 0 Å². The molecule has 70 valence electrons. The van der Waals surface area contributed by atoms with Crippen LogP contribution in [-0.2, 0) is 0 Å². The van der Waals surface area contributed by atoms with Crippen molar-refractivity contribution in [3.8, 4) is 0 Å². The molecule has 0 saturated heterocycles. The van der Waals surface area contributed by atoms with Gasteiger partial charge in [-0.25, -0.2) is 0 Å².